The predicted octanol–water partition coefficient (Wildman–Crippen LogP) is 0.0442. The van der Waals surface area contributed by atoms with Crippen molar-refractivity contribution in [1.29, 1.82) is 0 Å². The number of urea groups is 1. The Morgan fingerprint density at radius 1 is 1.33 bits per heavy atom. The van der Waals surface area contributed by atoms with E-state index in [0.29, 0.717) is 12.8 Å². The van der Waals surface area contributed by atoms with Crippen LogP contribution in [0.2, 0.25) is 0 Å². The molecule has 7 nitrogen and oxygen atoms in total. The summed E-state index contributed by atoms with van der Waals surface area (Å²) in [5.41, 5.74) is 0. The third-order valence-corrected chi connectivity index (χ3v) is 2.53. The number of rotatable bonds is 5. The van der Waals surface area contributed by atoms with Gasteiger partial charge in [-0.05, 0) is 13.3 Å². The van der Waals surface area contributed by atoms with Crippen molar-refractivity contribution >= 4 is 23.8 Å². The van der Waals surface area contributed by atoms with Crippen LogP contribution in [-0.4, -0.2) is 41.9 Å². The number of barbiturate groups is 1. The highest BCUT2D eigenvalue weighted by molar-refractivity contribution is 6.16. The van der Waals surface area contributed by atoms with Crippen molar-refractivity contribution in [3.8, 4) is 0 Å². The van der Waals surface area contributed by atoms with Crippen molar-refractivity contribution in [2.45, 2.75) is 26.7 Å². The number of amides is 4. The standard InChI is InChI=1S/C11H16N2O5/c1-3-5-7-9(15)12-11(17)13(10(7)16)6-8(14)18-4-2/h7H,3-6H2,1-2H3,(H,12,15,17). The monoisotopic (exact) mass is 256 g/mol. The minimum Gasteiger partial charge on any atom is -0.465 e. The van der Waals surface area contributed by atoms with Gasteiger partial charge in [0, 0.05) is 0 Å². The van der Waals surface area contributed by atoms with E-state index in [2.05, 4.69) is 10.1 Å². The van der Waals surface area contributed by atoms with E-state index < -0.39 is 36.3 Å². The number of imide groups is 2. The second-order valence-electron chi connectivity index (χ2n) is 3.87. The quantitative estimate of drug-likeness (QED) is 0.554. The summed E-state index contributed by atoms with van der Waals surface area (Å²) in [7, 11) is 0. The van der Waals surface area contributed by atoms with Crippen LogP contribution in [0.3, 0.4) is 0 Å². The van der Waals surface area contributed by atoms with Crippen LogP contribution < -0.4 is 5.32 Å². The Hall–Kier alpha value is -1.92. The molecule has 0 aromatic carbocycles. The molecule has 0 aliphatic carbocycles. The largest absolute Gasteiger partial charge is 0.465 e. The minimum atomic E-state index is -0.901. The Morgan fingerprint density at radius 2 is 2.00 bits per heavy atom. The molecule has 0 saturated carbocycles. The molecule has 0 aromatic heterocycles. The molecule has 4 amide bonds. The summed E-state index contributed by atoms with van der Waals surface area (Å²) in [6.07, 6.45) is 0.975. The van der Waals surface area contributed by atoms with Crippen LogP contribution in [0.15, 0.2) is 0 Å². The molecule has 1 heterocycles. The molecule has 1 unspecified atom stereocenters. The first-order chi connectivity index (χ1) is 8.51. The van der Waals surface area contributed by atoms with E-state index in [0.717, 1.165) is 4.90 Å². The van der Waals surface area contributed by atoms with Crippen LogP contribution in [0.4, 0.5) is 4.79 Å². The number of nitrogens with one attached hydrogen (secondary N) is 1. The molecule has 1 rings (SSSR count). The fraction of sp³-hybridized carbons (Fsp3) is 0.636. The van der Waals surface area contributed by atoms with Crippen LogP contribution in [0, 0.1) is 5.92 Å². The van der Waals surface area contributed by atoms with Crippen molar-refractivity contribution in [3.05, 3.63) is 0 Å². The maximum atomic E-state index is 11.9. The first-order valence-corrected chi connectivity index (χ1v) is 5.83. The van der Waals surface area contributed by atoms with E-state index in [4.69, 9.17) is 0 Å². The number of carbonyl (C=O) groups excluding carboxylic acids is 4. The van der Waals surface area contributed by atoms with E-state index in [-0.39, 0.29) is 6.61 Å². The number of esters is 1. The van der Waals surface area contributed by atoms with Crippen molar-refractivity contribution < 1.29 is 23.9 Å². The summed E-state index contributed by atoms with van der Waals surface area (Å²) in [6.45, 7) is 3.15. The summed E-state index contributed by atoms with van der Waals surface area (Å²) in [6, 6.07) is -0.870. The molecule has 0 bridgehead atoms. The molecule has 1 atom stereocenters. The normalized spacial score (nSPS) is 19.8. The van der Waals surface area contributed by atoms with Gasteiger partial charge >= 0.3 is 12.0 Å². The molecule has 1 N–H and O–H groups in total. The summed E-state index contributed by atoms with van der Waals surface area (Å²) in [5.74, 6) is -2.82. The van der Waals surface area contributed by atoms with Gasteiger partial charge in [-0.25, -0.2) is 4.79 Å². The third-order valence-electron chi connectivity index (χ3n) is 2.53. The zero-order chi connectivity index (χ0) is 13.7. The van der Waals surface area contributed by atoms with Gasteiger partial charge in [0.05, 0.1) is 6.61 Å². The number of ether oxygens (including phenoxy) is 1. The molecular weight excluding hydrogens is 240 g/mol. The molecule has 1 aliphatic rings. The summed E-state index contributed by atoms with van der Waals surface area (Å²) >= 11 is 0. The number of hydrogen-bond donors (Lipinski definition) is 1. The first kappa shape index (κ1) is 14.1. The predicted molar refractivity (Wildman–Crippen MR) is 60.3 cm³/mol. The summed E-state index contributed by atoms with van der Waals surface area (Å²) < 4.78 is 4.67. The van der Waals surface area contributed by atoms with Gasteiger partial charge in [0.1, 0.15) is 12.5 Å². The van der Waals surface area contributed by atoms with E-state index in [1.807, 2.05) is 6.92 Å². The molecule has 18 heavy (non-hydrogen) atoms. The maximum Gasteiger partial charge on any atom is 0.331 e. The molecular formula is C11H16N2O5. The average Bonchev–Trinajstić information content (AvgIpc) is 2.30. The third kappa shape index (κ3) is 3.06. The highest BCUT2D eigenvalue weighted by atomic mass is 16.5. The number of carbonyl (C=O) groups is 4. The molecule has 0 aromatic rings. The Balaban J connectivity index is 2.77. The van der Waals surface area contributed by atoms with E-state index >= 15 is 0 Å². The minimum absolute atomic E-state index is 0.166. The van der Waals surface area contributed by atoms with Gasteiger partial charge in [-0.1, -0.05) is 13.3 Å². The fourth-order valence-electron chi connectivity index (χ4n) is 1.69. The Kier molecular flexibility index (Phi) is 4.82. The second kappa shape index (κ2) is 6.13. The van der Waals surface area contributed by atoms with Crippen molar-refractivity contribution in [2.75, 3.05) is 13.2 Å². The van der Waals surface area contributed by atoms with Crippen molar-refractivity contribution in [1.82, 2.24) is 10.2 Å². The highest BCUT2D eigenvalue weighted by Gasteiger charge is 2.40. The molecule has 1 saturated heterocycles. The maximum absolute atomic E-state index is 11.9. The average molecular weight is 256 g/mol. The molecule has 100 valence electrons. The van der Waals surface area contributed by atoms with Gasteiger partial charge < -0.3 is 4.74 Å². The fourth-order valence-corrected chi connectivity index (χ4v) is 1.69. The van der Waals surface area contributed by atoms with Crippen LogP contribution >= 0.6 is 0 Å². The Labute approximate surface area is 104 Å². The summed E-state index contributed by atoms with van der Waals surface area (Å²) in [5, 5.41) is 2.06. The lowest BCUT2D eigenvalue weighted by Crippen LogP contribution is -2.59. The molecule has 0 radical (unpaired) electrons. The topological polar surface area (TPSA) is 92.8 Å². The van der Waals surface area contributed by atoms with Gasteiger partial charge in [-0.3, -0.25) is 24.6 Å². The zero-order valence-corrected chi connectivity index (χ0v) is 10.4. The SMILES string of the molecule is CCCC1C(=O)NC(=O)N(CC(=O)OCC)C1=O. The van der Waals surface area contributed by atoms with Crippen LogP contribution in [-0.2, 0) is 19.1 Å². The van der Waals surface area contributed by atoms with Gasteiger partial charge in [0.15, 0.2) is 0 Å². The van der Waals surface area contributed by atoms with Crippen molar-refractivity contribution in [3.63, 3.8) is 0 Å². The Morgan fingerprint density at radius 3 is 2.56 bits per heavy atom. The van der Waals surface area contributed by atoms with Crippen LogP contribution in [0.1, 0.15) is 26.7 Å². The molecule has 1 aliphatic heterocycles. The smallest absolute Gasteiger partial charge is 0.331 e. The number of hydrogen-bond acceptors (Lipinski definition) is 5. The Bertz CT molecular complexity index is 380. The lowest BCUT2D eigenvalue weighted by atomic mass is 9.99. The van der Waals surface area contributed by atoms with E-state index in [1.54, 1.807) is 6.92 Å². The van der Waals surface area contributed by atoms with Gasteiger partial charge in [0.2, 0.25) is 11.8 Å². The highest BCUT2D eigenvalue weighted by Crippen LogP contribution is 2.15. The zero-order valence-electron chi connectivity index (χ0n) is 10.4. The molecule has 1 fully saturated rings. The second-order valence-corrected chi connectivity index (χ2v) is 3.87. The first-order valence-electron chi connectivity index (χ1n) is 5.83. The van der Waals surface area contributed by atoms with Gasteiger partial charge in [0.25, 0.3) is 0 Å². The van der Waals surface area contributed by atoms with E-state index in [9.17, 15) is 19.2 Å². The van der Waals surface area contributed by atoms with Gasteiger partial charge in [-0.2, -0.15) is 0 Å². The van der Waals surface area contributed by atoms with Gasteiger partial charge in [-0.15, -0.1) is 0 Å². The van der Waals surface area contributed by atoms with Crippen LogP contribution in [0.25, 0.3) is 0 Å². The van der Waals surface area contributed by atoms with E-state index in [1.165, 1.54) is 0 Å². The number of nitrogens with zero attached hydrogens (tertiary/aromatic N) is 1. The van der Waals surface area contributed by atoms with Crippen molar-refractivity contribution in [2.24, 2.45) is 5.92 Å². The molecule has 0 spiro atoms. The summed E-state index contributed by atoms with van der Waals surface area (Å²) in [4.78, 5) is 46.8. The lowest BCUT2D eigenvalue weighted by Gasteiger charge is -2.29. The lowest BCUT2D eigenvalue weighted by molar-refractivity contribution is -0.151. The molecule has 7 heteroatoms. The van der Waals surface area contributed by atoms with Crippen LogP contribution in [0.5, 0.6) is 0 Å².